The van der Waals surface area contributed by atoms with E-state index in [1.807, 2.05) is 6.92 Å². The quantitative estimate of drug-likeness (QED) is 0.0617. The summed E-state index contributed by atoms with van der Waals surface area (Å²) in [6.45, 7) is 3.98. The van der Waals surface area contributed by atoms with Gasteiger partial charge in [-0.1, -0.05) is 51.4 Å². The van der Waals surface area contributed by atoms with Gasteiger partial charge in [0.15, 0.2) is 25.3 Å². The first-order chi connectivity index (χ1) is 30.1. The van der Waals surface area contributed by atoms with E-state index in [0.29, 0.717) is 6.42 Å². The van der Waals surface area contributed by atoms with E-state index in [2.05, 4.69) is 26.9 Å². The van der Waals surface area contributed by atoms with E-state index in [-0.39, 0.29) is 62.2 Å². The van der Waals surface area contributed by atoms with E-state index in [9.17, 15) is 49.8 Å². The Kier molecular flexibility index (Phi) is 18.9. The van der Waals surface area contributed by atoms with Crippen LogP contribution in [0.15, 0.2) is 18.3 Å². The Bertz CT molecular complexity index is 1690. The van der Waals surface area contributed by atoms with E-state index in [4.69, 9.17) is 34.8 Å². The maximum atomic E-state index is 13.8. The van der Waals surface area contributed by atoms with Crippen molar-refractivity contribution in [2.75, 3.05) is 26.3 Å². The van der Waals surface area contributed by atoms with Crippen LogP contribution in [0.2, 0.25) is 0 Å². The van der Waals surface area contributed by atoms with Gasteiger partial charge in [-0.3, -0.25) is 14.4 Å². The maximum absolute atomic E-state index is 13.8. The molecule has 4 fully saturated rings. The molecule has 3 heterocycles. The topological polar surface area (TPSA) is 294 Å². The number of pyridine rings is 1. The van der Waals surface area contributed by atoms with Crippen LogP contribution >= 0.6 is 0 Å². The monoisotopic (exact) mass is 892 g/mol. The average molecular weight is 893 g/mol. The number of rotatable bonds is 19. The molecule has 9 N–H and O–H groups in total. The highest BCUT2D eigenvalue weighted by atomic mass is 16.7. The zero-order valence-electron chi connectivity index (χ0n) is 36.0. The van der Waals surface area contributed by atoms with Crippen molar-refractivity contribution in [3.05, 3.63) is 23.9 Å². The molecule has 20 nitrogen and oxygen atoms in total. The molecule has 2 saturated heterocycles. The van der Waals surface area contributed by atoms with Crippen LogP contribution in [0, 0.1) is 30.1 Å². The highest BCUT2D eigenvalue weighted by Gasteiger charge is 2.53. The number of terminal acetylenes is 1. The molecule has 0 bridgehead atoms. The molecule has 3 amide bonds. The Balaban J connectivity index is 1.36. The summed E-state index contributed by atoms with van der Waals surface area (Å²) in [7, 11) is 0. The standard InChI is InChI=1S/C43H64N4O16/c1-5-16-58-31-13-12-26(20-46-31)39(54)44-14-15-45-40(55)27-18-25(6-2)37(63-43-36(53)35(52)33(50)22(3)59-43)28(19-27)61-42-32(47-23(4)49)38(34(51)30(21-48)62-42)60-29(41(56)57)17-24-10-8-7-9-11-24/h1,12-13,20,22,24-25,27-30,32-38,42-43,48,50-53H,6-11,14-19,21H2,2-4H3,(H,44,54)(H,45,55)(H,47,49)(H,56,57)/t22?,25-,27?,28?,29+,30+,32?,33?,34?,35?,36?,37?,38?,42-,43?/m1/s1. The van der Waals surface area contributed by atoms with Crippen LogP contribution in [-0.2, 0) is 38.1 Å². The number of carboxylic acids is 1. The lowest BCUT2D eigenvalue weighted by Crippen LogP contribution is -2.67. The molecule has 2 aliphatic carbocycles. The fourth-order valence-corrected chi connectivity index (χ4v) is 8.90. The predicted molar refractivity (Wildman–Crippen MR) is 219 cm³/mol. The smallest absolute Gasteiger partial charge is 0.332 e. The zero-order valence-corrected chi connectivity index (χ0v) is 36.0. The Morgan fingerprint density at radius 3 is 2.30 bits per heavy atom. The molecule has 2 saturated carbocycles. The minimum Gasteiger partial charge on any atom is -0.479 e. The Morgan fingerprint density at radius 1 is 0.937 bits per heavy atom. The summed E-state index contributed by atoms with van der Waals surface area (Å²) in [5.41, 5.74) is 0.260. The number of carbonyl (C=O) groups is 4. The molecule has 0 aromatic carbocycles. The fourth-order valence-electron chi connectivity index (χ4n) is 8.90. The number of carboxylic acid groups (broad SMARTS) is 1. The number of hydrogen-bond donors (Lipinski definition) is 9. The van der Waals surface area contributed by atoms with Gasteiger partial charge in [-0.05, 0) is 44.1 Å². The lowest BCUT2D eigenvalue weighted by atomic mass is 9.75. The molecule has 4 aliphatic rings. The van der Waals surface area contributed by atoms with Gasteiger partial charge in [0.2, 0.25) is 17.7 Å². The molecular weight excluding hydrogens is 828 g/mol. The van der Waals surface area contributed by atoms with E-state index in [1.165, 1.54) is 32.2 Å². The third-order valence-corrected chi connectivity index (χ3v) is 12.3. The Labute approximate surface area is 366 Å². The van der Waals surface area contributed by atoms with E-state index >= 15 is 0 Å². The minimum absolute atomic E-state index is 0.0241. The van der Waals surface area contributed by atoms with Crippen LogP contribution in [0.25, 0.3) is 0 Å². The summed E-state index contributed by atoms with van der Waals surface area (Å²) in [5.74, 6) is -1.20. The van der Waals surface area contributed by atoms with Crippen molar-refractivity contribution >= 4 is 23.7 Å². The number of ether oxygens (including phenoxy) is 6. The molecule has 0 spiro atoms. The van der Waals surface area contributed by atoms with Crippen molar-refractivity contribution < 1.29 is 78.2 Å². The number of hydrogen-bond acceptors (Lipinski definition) is 16. The van der Waals surface area contributed by atoms with Crippen LogP contribution in [0.3, 0.4) is 0 Å². The number of aliphatic carboxylic acids is 1. The first-order valence-electron chi connectivity index (χ1n) is 21.8. The van der Waals surface area contributed by atoms with Gasteiger partial charge in [0.1, 0.15) is 42.7 Å². The summed E-state index contributed by atoms with van der Waals surface area (Å²) in [6.07, 6.45) is -4.51. The van der Waals surface area contributed by atoms with Gasteiger partial charge in [0, 0.05) is 38.2 Å². The highest BCUT2D eigenvalue weighted by molar-refractivity contribution is 5.93. The average Bonchev–Trinajstić information content (AvgIpc) is 3.27. The van der Waals surface area contributed by atoms with Gasteiger partial charge < -0.3 is 75.0 Å². The minimum atomic E-state index is -1.68. The highest BCUT2D eigenvalue weighted by Crippen LogP contribution is 2.40. The Morgan fingerprint density at radius 2 is 1.67 bits per heavy atom. The number of nitrogens with one attached hydrogen (secondary N) is 3. The van der Waals surface area contributed by atoms with Crippen LogP contribution in [-0.4, -0.2) is 165 Å². The van der Waals surface area contributed by atoms with Gasteiger partial charge in [-0.25, -0.2) is 9.78 Å². The molecule has 5 rings (SSSR count). The van der Waals surface area contributed by atoms with Crippen molar-refractivity contribution in [2.24, 2.45) is 17.8 Å². The van der Waals surface area contributed by atoms with Crippen molar-refractivity contribution in [3.63, 3.8) is 0 Å². The van der Waals surface area contributed by atoms with Crippen molar-refractivity contribution in [1.29, 1.82) is 0 Å². The molecule has 0 radical (unpaired) electrons. The number of carbonyl (C=O) groups excluding carboxylic acids is 3. The lowest BCUT2D eigenvalue weighted by Gasteiger charge is -2.49. The van der Waals surface area contributed by atoms with Crippen LogP contribution in [0.4, 0.5) is 0 Å². The molecule has 1 aromatic heterocycles. The molecule has 15 atom stereocenters. The second-order valence-electron chi connectivity index (χ2n) is 16.8. The number of nitrogens with zero attached hydrogens (tertiary/aromatic N) is 1. The summed E-state index contributed by atoms with van der Waals surface area (Å²) < 4.78 is 36.3. The SMILES string of the molecule is C#CCOc1ccc(C(=O)NCCNC(=O)C2CC(O[C@@H]3O[C@@H](CO)C(O)C(O[C@@H](CC4CCCCC4)C(=O)O)C3NC(C)=O)C(OC3OC(C)C(O)C(O)C3O)[C@H](CC)C2)cn1. The van der Waals surface area contributed by atoms with Crippen molar-refractivity contribution in [2.45, 2.75) is 158 Å². The number of amides is 3. The third kappa shape index (κ3) is 13.3. The van der Waals surface area contributed by atoms with E-state index in [0.717, 1.165) is 32.1 Å². The second-order valence-corrected chi connectivity index (χ2v) is 16.8. The summed E-state index contributed by atoms with van der Waals surface area (Å²) in [5, 5.41) is 72.3. The molecular formula is C43H64N4O16. The van der Waals surface area contributed by atoms with Crippen LogP contribution < -0.4 is 20.7 Å². The summed E-state index contributed by atoms with van der Waals surface area (Å²) in [4.78, 5) is 56.0. The zero-order chi connectivity index (χ0) is 45.8. The van der Waals surface area contributed by atoms with Gasteiger partial charge in [-0.15, -0.1) is 6.42 Å². The van der Waals surface area contributed by atoms with Gasteiger partial charge in [0.05, 0.1) is 30.5 Å². The first-order valence-corrected chi connectivity index (χ1v) is 21.8. The number of aromatic nitrogens is 1. The normalized spacial score (nSPS) is 34.2. The lowest BCUT2D eigenvalue weighted by molar-refractivity contribution is -0.338. The molecule has 2 aliphatic heterocycles. The van der Waals surface area contributed by atoms with Gasteiger partial charge in [-0.2, -0.15) is 0 Å². The van der Waals surface area contributed by atoms with Crippen molar-refractivity contribution in [3.8, 4) is 18.2 Å². The molecule has 11 unspecified atom stereocenters. The fraction of sp³-hybridized carbons (Fsp3) is 0.744. The van der Waals surface area contributed by atoms with E-state index < -0.39 is 116 Å². The molecule has 1 aromatic rings. The molecule has 63 heavy (non-hydrogen) atoms. The Hall–Kier alpha value is -4.01. The van der Waals surface area contributed by atoms with E-state index in [1.54, 1.807) is 0 Å². The van der Waals surface area contributed by atoms with Crippen LogP contribution in [0.1, 0.15) is 88.9 Å². The number of aliphatic hydroxyl groups is 5. The summed E-state index contributed by atoms with van der Waals surface area (Å²) in [6, 6.07) is 1.69. The van der Waals surface area contributed by atoms with Gasteiger partial charge in [0.25, 0.3) is 5.91 Å². The maximum Gasteiger partial charge on any atom is 0.332 e. The first kappa shape index (κ1) is 50.0. The van der Waals surface area contributed by atoms with Crippen LogP contribution in [0.5, 0.6) is 5.88 Å². The van der Waals surface area contributed by atoms with Crippen molar-refractivity contribution in [1.82, 2.24) is 20.9 Å². The number of aliphatic hydroxyl groups excluding tert-OH is 5. The third-order valence-electron chi connectivity index (χ3n) is 12.3. The predicted octanol–water partition coefficient (Wildman–Crippen LogP) is -0.635. The molecule has 352 valence electrons. The second kappa shape index (κ2) is 23.8. The largest absolute Gasteiger partial charge is 0.479 e. The summed E-state index contributed by atoms with van der Waals surface area (Å²) >= 11 is 0. The van der Waals surface area contributed by atoms with Gasteiger partial charge >= 0.3 is 5.97 Å². The molecule has 20 heteroatoms.